The molecule has 4 heteroatoms. The van der Waals surface area contributed by atoms with E-state index >= 15 is 0 Å². The van der Waals surface area contributed by atoms with Gasteiger partial charge in [-0.1, -0.05) is 25.1 Å². The predicted octanol–water partition coefficient (Wildman–Crippen LogP) is 3.77. The first-order valence-corrected chi connectivity index (χ1v) is 8.36. The van der Waals surface area contributed by atoms with Crippen molar-refractivity contribution in [2.24, 2.45) is 5.92 Å². The lowest BCUT2D eigenvalue weighted by molar-refractivity contribution is 0.143. The molecule has 0 spiro atoms. The molecule has 0 radical (unpaired) electrons. The van der Waals surface area contributed by atoms with Gasteiger partial charge >= 0.3 is 6.09 Å². The summed E-state index contributed by atoms with van der Waals surface area (Å²) in [6, 6.07) is 6.46. The zero-order valence-corrected chi connectivity index (χ0v) is 14.5. The van der Waals surface area contributed by atoms with E-state index in [0.717, 1.165) is 30.6 Å². The van der Waals surface area contributed by atoms with Crippen LogP contribution in [0.5, 0.6) is 0 Å². The van der Waals surface area contributed by atoms with Crippen molar-refractivity contribution in [3.05, 3.63) is 41.0 Å². The van der Waals surface area contributed by atoms with Crippen LogP contribution in [-0.2, 0) is 12.0 Å². The highest BCUT2D eigenvalue weighted by molar-refractivity contribution is 5.81. The molecule has 1 amide bonds. The minimum absolute atomic E-state index is 0.0219. The maximum atomic E-state index is 11.6. The highest BCUT2D eigenvalue weighted by Crippen LogP contribution is 2.36. The second kappa shape index (κ2) is 5.68. The molecule has 0 saturated heterocycles. The third-order valence-corrected chi connectivity index (χ3v) is 5.46. The third kappa shape index (κ3) is 2.76. The molecular weight excluding hydrogens is 288 g/mol. The minimum atomic E-state index is -0.861. The van der Waals surface area contributed by atoms with Gasteiger partial charge in [-0.3, -0.25) is 9.80 Å². The van der Waals surface area contributed by atoms with Gasteiger partial charge in [0.15, 0.2) is 0 Å². The number of likely N-dealkylation sites (N-methyl/N-ethyl adjacent to an activating group) is 1. The quantitative estimate of drug-likeness (QED) is 0.858. The van der Waals surface area contributed by atoms with E-state index in [4.69, 9.17) is 0 Å². The van der Waals surface area contributed by atoms with E-state index < -0.39 is 6.09 Å². The molecule has 0 aromatic heterocycles. The van der Waals surface area contributed by atoms with Crippen LogP contribution in [0.15, 0.2) is 24.3 Å². The number of allylic oxidation sites excluding steroid dienone is 1. The lowest BCUT2D eigenvalue weighted by Gasteiger charge is -2.42. The second-order valence-electron chi connectivity index (χ2n) is 7.43. The SMILES string of the molecule is C[C@H]1CC=C(c2ccc3c(c2)CCN(C)C3(C)C)N(C(=O)O)C1. The van der Waals surface area contributed by atoms with Gasteiger partial charge in [0.2, 0.25) is 0 Å². The Labute approximate surface area is 138 Å². The Morgan fingerprint density at radius 2 is 2.09 bits per heavy atom. The summed E-state index contributed by atoms with van der Waals surface area (Å²) in [4.78, 5) is 15.5. The maximum absolute atomic E-state index is 11.6. The molecule has 1 N–H and O–H groups in total. The normalized spacial score (nSPS) is 24.1. The summed E-state index contributed by atoms with van der Waals surface area (Å²) in [5.74, 6) is 0.375. The van der Waals surface area contributed by atoms with Gasteiger partial charge in [-0.25, -0.2) is 4.79 Å². The first-order valence-electron chi connectivity index (χ1n) is 8.36. The number of amides is 1. The average molecular weight is 314 g/mol. The molecule has 2 aliphatic rings. The van der Waals surface area contributed by atoms with Crippen LogP contribution in [0.1, 0.15) is 43.9 Å². The smallest absolute Gasteiger partial charge is 0.411 e. The van der Waals surface area contributed by atoms with E-state index in [1.165, 1.54) is 16.0 Å². The fraction of sp³-hybridized carbons (Fsp3) is 0.526. The monoisotopic (exact) mass is 314 g/mol. The van der Waals surface area contributed by atoms with Crippen LogP contribution < -0.4 is 0 Å². The Bertz CT molecular complexity index is 663. The second-order valence-corrected chi connectivity index (χ2v) is 7.43. The molecule has 0 saturated carbocycles. The molecule has 3 rings (SSSR count). The Balaban J connectivity index is 2.01. The molecule has 1 aromatic carbocycles. The first kappa shape index (κ1) is 16.1. The van der Waals surface area contributed by atoms with Crippen LogP contribution in [0, 0.1) is 5.92 Å². The van der Waals surface area contributed by atoms with Crippen molar-refractivity contribution in [2.45, 2.75) is 39.2 Å². The molecule has 1 aromatic rings. The van der Waals surface area contributed by atoms with Crippen LogP contribution >= 0.6 is 0 Å². The average Bonchev–Trinajstić information content (AvgIpc) is 2.51. The Kier molecular flexibility index (Phi) is 3.96. The molecule has 0 fully saturated rings. The van der Waals surface area contributed by atoms with Crippen molar-refractivity contribution >= 4 is 11.8 Å². The standard InChI is InChI=1S/C19H26N2O2/c1-13-5-8-17(21(12-13)18(22)23)15-6-7-16-14(11-15)9-10-20(4)19(16,2)3/h6-8,11,13H,5,9-10,12H2,1-4H3,(H,22,23)/t13-/m0/s1. The molecule has 2 aliphatic heterocycles. The summed E-state index contributed by atoms with van der Waals surface area (Å²) >= 11 is 0. The molecule has 124 valence electrons. The number of hydrogen-bond acceptors (Lipinski definition) is 2. The number of carboxylic acid groups (broad SMARTS) is 1. The van der Waals surface area contributed by atoms with Crippen molar-refractivity contribution in [3.8, 4) is 0 Å². The highest BCUT2D eigenvalue weighted by Gasteiger charge is 2.32. The van der Waals surface area contributed by atoms with Crippen LogP contribution in [0.4, 0.5) is 4.79 Å². The highest BCUT2D eigenvalue weighted by atomic mass is 16.4. The molecule has 4 nitrogen and oxygen atoms in total. The number of benzene rings is 1. The molecular formula is C19H26N2O2. The lowest BCUT2D eigenvalue weighted by atomic mass is 9.82. The third-order valence-electron chi connectivity index (χ3n) is 5.46. The van der Waals surface area contributed by atoms with E-state index in [1.807, 2.05) is 0 Å². The van der Waals surface area contributed by atoms with Gasteiger partial charge in [0.25, 0.3) is 0 Å². The van der Waals surface area contributed by atoms with Crippen LogP contribution in [0.25, 0.3) is 5.70 Å². The van der Waals surface area contributed by atoms with E-state index in [9.17, 15) is 9.90 Å². The van der Waals surface area contributed by atoms with Crippen LogP contribution in [0.2, 0.25) is 0 Å². The minimum Gasteiger partial charge on any atom is -0.465 e. The van der Waals surface area contributed by atoms with Gasteiger partial charge < -0.3 is 5.11 Å². The summed E-state index contributed by atoms with van der Waals surface area (Å²) in [5, 5.41) is 9.52. The van der Waals surface area contributed by atoms with E-state index in [2.05, 4.69) is 57.0 Å². The number of rotatable bonds is 1. The Morgan fingerprint density at radius 1 is 1.35 bits per heavy atom. The summed E-state index contributed by atoms with van der Waals surface area (Å²) in [7, 11) is 2.16. The predicted molar refractivity (Wildman–Crippen MR) is 92.3 cm³/mol. The molecule has 2 heterocycles. The summed E-state index contributed by atoms with van der Waals surface area (Å²) < 4.78 is 0. The van der Waals surface area contributed by atoms with Gasteiger partial charge in [0.05, 0.1) is 5.70 Å². The number of fused-ring (bicyclic) bond motifs is 1. The van der Waals surface area contributed by atoms with Crippen molar-refractivity contribution in [1.29, 1.82) is 0 Å². The number of nitrogens with zero attached hydrogens (tertiary/aromatic N) is 2. The van der Waals surface area contributed by atoms with Gasteiger partial charge in [0, 0.05) is 18.6 Å². The van der Waals surface area contributed by atoms with Crippen molar-refractivity contribution in [2.75, 3.05) is 20.1 Å². The van der Waals surface area contributed by atoms with E-state index in [-0.39, 0.29) is 5.54 Å². The maximum Gasteiger partial charge on any atom is 0.411 e. The van der Waals surface area contributed by atoms with Gasteiger partial charge in [-0.2, -0.15) is 0 Å². The van der Waals surface area contributed by atoms with Gasteiger partial charge in [-0.05, 0) is 62.4 Å². The van der Waals surface area contributed by atoms with Gasteiger partial charge in [-0.15, -0.1) is 0 Å². The van der Waals surface area contributed by atoms with Crippen LogP contribution in [-0.4, -0.2) is 41.1 Å². The van der Waals surface area contributed by atoms with Crippen molar-refractivity contribution < 1.29 is 9.90 Å². The van der Waals surface area contributed by atoms with Gasteiger partial charge in [0.1, 0.15) is 0 Å². The first-order chi connectivity index (χ1) is 10.8. The summed E-state index contributed by atoms with van der Waals surface area (Å²) in [5.41, 5.74) is 4.58. The Hall–Kier alpha value is -1.81. The summed E-state index contributed by atoms with van der Waals surface area (Å²) in [6.45, 7) is 8.19. The fourth-order valence-corrected chi connectivity index (χ4v) is 3.69. The van der Waals surface area contributed by atoms with Crippen LogP contribution in [0.3, 0.4) is 0 Å². The zero-order chi connectivity index (χ0) is 16.8. The molecule has 0 aliphatic carbocycles. The van der Waals surface area contributed by atoms with E-state index in [1.54, 1.807) is 0 Å². The molecule has 1 atom stereocenters. The van der Waals surface area contributed by atoms with Crippen molar-refractivity contribution in [3.63, 3.8) is 0 Å². The molecule has 0 bridgehead atoms. The number of carbonyl (C=O) groups is 1. The topological polar surface area (TPSA) is 43.8 Å². The van der Waals surface area contributed by atoms with Crippen molar-refractivity contribution in [1.82, 2.24) is 9.80 Å². The fourth-order valence-electron chi connectivity index (χ4n) is 3.69. The Morgan fingerprint density at radius 3 is 2.78 bits per heavy atom. The largest absolute Gasteiger partial charge is 0.465 e. The molecule has 23 heavy (non-hydrogen) atoms. The summed E-state index contributed by atoms with van der Waals surface area (Å²) in [6.07, 6.45) is 3.16. The van der Waals surface area contributed by atoms with E-state index in [0.29, 0.717) is 12.5 Å². The molecule has 0 unspecified atom stereocenters. The zero-order valence-electron chi connectivity index (χ0n) is 14.5. The lowest BCUT2D eigenvalue weighted by Crippen LogP contribution is -2.44. The number of hydrogen-bond donors (Lipinski definition) is 1.